The van der Waals surface area contributed by atoms with Gasteiger partial charge in [-0.15, -0.1) is 0 Å². The molecule has 0 N–H and O–H groups in total. The second-order valence-corrected chi connectivity index (χ2v) is 3.85. The zero-order valence-corrected chi connectivity index (χ0v) is 10.3. The minimum atomic E-state index is -4.92. The summed E-state index contributed by atoms with van der Waals surface area (Å²) in [5.74, 6) is 0. The molecule has 0 unspecified atom stereocenters. The normalized spacial score (nSPS) is 11.7. The fourth-order valence-corrected chi connectivity index (χ4v) is 1.84. The van der Waals surface area contributed by atoms with Crippen molar-refractivity contribution < 1.29 is 22.0 Å². The SMILES string of the molecule is N#CCc1cc(C(F)(F)F)c(C(F)F)nc1CBr. The van der Waals surface area contributed by atoms with Gasteiger partial charge in [-0.1, -0.05) is 15.9 Å². The van der Waals surface area contributed by atoms with Gasteiger partial charge < -0.3 is 0 Å². The first-order valence-corrected chi connectivity index (χ1v) is 5.74. The van der Waals surface area contributed by atoms with Crippen LogP contribution in [0, 0.1) is 11.3 Å². The van der Waals surface area contributed by atoms with E-state index in [2.05, 4.69) is 20.9 Å². The van der Waals surface area contributed by atoms with Crippen LogP contribution in [-0.4, -0.2) is 4.98 Å². The molecular weight excluding hydrogens is 323 g/mol. The van der Waals surface area contributed by atoms with Gasteiger partial charge in [-0.25, -0.2) is 8.78 Å². The van der Waals surface area contributed by atoms with E-state index in [0.29, 0.717) is 6.07 Å². The summed E-state index contributed by atoms with van der Waals surface area (Å²) in [5, 5.41) is 8.49. The number of nitriles is 1. The van der Waals surface area contributed by atoms with Crippen LogP contribution in [0.15, 0.2) is 6.07 Å². The molecule has 18 heavy (non-hydrogen) atoms. The van der Waals surface area contributed by atoms with Crippen LogP contribution >= 0.6 is 15.9 Å². The predicted molar refractivity (Wildman–Crippen MR) is 56.1 cm³/mol. The lowest BCUT2D eigenvalue weighted by atomic mass is 10.1. The fraction of sp³-hybridized carbons (Fsp3) is 0.400. The standard InChI is InChI=1S/C10H6BrF5N2/c11-4-7-5(1-2-17)3-6(10(14,15)16)8(18-7)9(12)13/h3,9H,1,4H2. The Labute approximate surface area is 108 Å². The number of halogens is 6. The van der Waals surface area contributed by atoms with Crippen molar-refractivity contribution >= 4 is 15.9 Å². The molecule has 0 saturated carbocycles. The van der Waals surface area contributed by atoms with Crippen LogP contribution in [-0.2, 0) is 17.9 Å². The molecule has 0 atom stereocenters. The van der Waals surface area contributed by atoms with Gasteiger partial charge >= 0.3 is 6.18 Å². The van der Waals surface area contributed by atoms with E-state index < -0.39 is 23.9 Å². The minimum absolute atomic E-state index is 0.00186. The van der Waals surface area contributed by atoms with Crippen molar-refractivity contribution in [3.05, 3.63) is 28.6 Å². The highest BCUT2D eigenvalue weighted by Gasteiger charge is 2.37. The molecule has 0 aliphatic heterocycles. The molecule has 1 aromatic heterocycles. The fourth-order valence-electron chi connectivity index (χ4n) is 1.36. The maximum Gasteiger partial charge on any atom is 0.418 e. The molecule has 0 fully saturated rings. The molecular formula is C10H6BrF5N2. The van der Waals surface area contributed by atoms with Crippen molar-refractivity contribution in [1.82, 2.24) is 4.98 Å². The molecule has 1 heterocycles. The number of aromatic nitrogens is 1. The molecule has 0 saturated heterocycles. The molecule has 0 aliphatic carbocycles. The lowest BCUT2D eigenvalue weighted by molar-refractivity contribution is -0.140. The third kappa shape index (κ3) is 3.16. The van der Waals surface area contributed by atoms with Crippen molar-refractivity contribution in [3.63, 3.8) is 0 Å². The summed E-state index contributed by atoms with van der Waals surface area (Å²) in [5.41, 5.74) is -2.79. The Bertz CT molecular complexity index is 478. The smallest absolute Gasteiger partial charge is 0.250 e. The highest BCUT2D eigenvalue weighted by atomic mass is 79.9. The van der Waals surface area contributed by atoms with Gasteiger partial charge in [-0.3, -0.25) is 4.98 Å². The van der Waals surface area contributed by atoms with E-state index >= 15 is 0 Å². The third-order valence-corrected chi connectivity index (χ3v) is 2.66. The molecule has 0 aromatic carbocycles. The number of nitrogens with zero attached hydrogens (tertiary/aromatic N) is 2. The Balaban J connectivity index is 3.48. The average Bonchev–Trinajstić information content (AvgIpc) is 2.27. The van der Waals surface area contributed by atoms with Crippen LogP contribution < -0.4 is 0 Å². The molecule has 2 nitrogen and oxygen atoms in total. The quantitative estimate of drug-likeness (QED) is 0.621. The summed E-state index contributed by atoms with van der Waals surface area (Å²) in [6.45, 7) is 0. The topological polar surface area (TPSA) is 36.7 Å². The van der Waals surface area contributed by atoms with Crippen LogP contribution in [0.4, 0.5) is 22.0 Å². The molecule has 0 radical (unpaired) electrons. The summed E-state index contributed by atoms with van der Waals surface area (Å²) in [4.78, 5) is 3.31. The third-order valence-electron chi connectivity index (χ3n) is 2.13. The molecule has 1 aromatic rings. The number of hydrogen-bond acceptors (Lipinski definition) is 2. The van der Waals surface area contributed by atoms with Crippen molar-refractivity contribution in [3.8, 4) is 6.07 Å². The van der Waals surface area contributed by atoms with E-state index in [1.807, 2.05) is 0 Å². The summed E-state index contributed by atoms with van der Waals surface area (Å²) in [6, 6.07) is 2.23. The van der Waals surface area contributed by atoms with Crippen molar-refractivity contribution in [2.75, 3.05) is 0 Å². The zero-order valence-electron chi connectivity index (χ0n) is 8.73. The first kappa shape index (κ1) is 14.8. The van der Waals surface area contributed by atoms with Gasteiger partial charge in [0.2, 0.25) is 0 Å². The monoisotopic (exact) mass is 328 g/mol. The first-order chi connectivity index (χ1) is 8.31. The van der Waals surface area contributed by atoms with E-state index in [1.165, 1.54) is 0 Å². The molecule has 0 aliphatic rings. The number of pyridine rings is 1. The van der Waals surface area contributed by atoms with E-state index in [-0.39, 0.29) is 23.0 Å². The Morgan fingerprint density at radius 2 is 2.00 bits per heavy atom. The first-order valence-electron chi connectivity index (χ1n) is 4.62. The average molecular weight is 329 g/mol. The van der Waals surface area contributed by atoms with Crippen molar-refractivity contribution in [2.45, 2.75) is 24.4 Å². The minimum Gasteiger partial charge on any atom is -0.250 e. The Morgan fingerprint density at radius 3 is 2.39 bits per heavy atom. The van der Waals surface area contributed by atoms with Gasteiger partial charge in [0.15, 0.2) is 0 Å². The molecule has 1 rings (SSSR count). The van der Waals surface area contributed by atoms with Gasteiger partial charge in [0.1, 0.15) is 5.69 Å². The maximum atomic E-state index is 12.6. The summed E-state index contributed by atoms with van der Waals surface area (Å²) >= 11 is 2.94. The number of alkyl halides is 6. The molecule has 8 heteroatoms. The lowest BCUT2D eigenvalue weighted by Gasteiger charge is -2.15. The highest BCUT2D eigenvalue weighted by Crippen LogP contribution is 2.36. The van der Waals surface area contributed by atoms with Crippen LogP contribution in [0.2, 0.25) is 0 Å². The number of rotatable bonds is 3. The molecule has 0 amide bonds. The van der Waals surface area contributed by atoms with Gasteiger partial charge in [0, 0.05) is 5.33 Å². The molecule has 0 spiro atoms. The van der Waals surface area contributed by atoms with Crippen molar-refractivity contribution in [1.29, 1.82) is 5.26 Å². The van der Waals surface area contributed by atoms with Gasteiger partial charge in [-0.2, -0.15) is 18.4 Å². The second-order valence-electron chi connectivity index (χ2n) is 3.29. The zero-order chi connectivity index (χ0) is 13.9. The van der Waals surface area contributed by atoms with Gasteiger partial charge in [0.25, 0.3) is 6.43 Å². The van der Waals surface area contributed by atoms with Crippen LogP contribution in [0.25, 0.3) is 0 Å². The number of hydrogen-bond donors (Lipinski definition) is 0. The van der Waals surface area contributed by atoms with E-state index in [4.69, 9.17) is 5.26 Å². The summed E-state index contributed by atoms with van der Waals surface area (Å²) in [6.07, 6.45) is -8.57. The molecule has 98 valence electrons. The second kappa shape index (κ2) is 5.61. The van der Waals surface area contributed by atoms with Gasteiger partial charge in [-0.05, 0) is 11.6 Å². The maximum absolute atomic E-state index is 12.6. The molecule has 0 bridgehead atoms. The van der Waals surface area contributed by atoms with E-state index in [0.717, 1.165) is 0 Å². The Morgan fingerprint density at radius 1 is 1.39 bits per heavy atom. The van der Waals surface area contributed by atoms with Crippen LogP contribution in [0.1, 0.15) is 28.9 Å². The van der Waals surface area contributed by atoms with Gasteiger partial charge in [0.05, 0.1) is 23.7 Å². The largest absolute Gasteiger partial charge is 0.418 e. The van der Waals surface area contributed by atoms with Crippen LogP contribution in [0.5, 0.6) is 0 Å². The van der Waals surface area contributed by atoms with Crippen molar-refractivity contribution in [2.24, 2.45) is 0 Å². The Hall–Kier alpha value is -1.23. The Kier molecular flexibility index (Phi) is 4.62. The van der Waals surface area contributed by atoms with E-state index in [9.17, 15) is 22.0 Å². The summed E-state index contributed by atoms with van der Waals surface area (Å²) < 4.78 is 62.9. The lowest BCUT2D eigenvalue weighted by Crippen LogP contribution is -2.14. The van der Waals surface area contributed by atoms with Crippen LogP contribution in [0.3, 0.4) is 0 Å². The van der Waals surface area contributed by atoms with E-state index in [1.54, 1.807) is 6.07 Å². The predicted octanol–water partition coefficient (Wildman–Crippen LogP) is 4.00. The highest BCUT2D eigenvalue weighted by molar-refractivity contribution is 9.08. The summed E-state index contributed by atoms with van der Waals surface area (Å²) in [7, 11) is 0.